The van der Waals surface area contributed by atoms with Crippen molar-refractivity contribution in [2.45, 2.75) is 50.6 Å². The van der Waals surface area contributed by atoms with E-state index in [4.69, 9.17) is 4.74 Å². The minimum atomic E-state index is -0.296. The van der Waals surface area contributed by atoms with Crippen molar-refractivity contribution in [2.75, 3.05) is 19.0 Å². The number of nitrogens with one attached hydrogen (secondary N) is 2. The zero-order valence-corrected chi connectivity index (χ0v) is 14.6. The minimum absolute atomic E-state index is 0.0747. The van der Waals surface area contributed by atoms with Crippen LogP contribution in [0, 0.1) is 5.92 Å². The van der Waals surface area contributed by atoms with Crippen molar-refractivity contribution in [3.63, 3.8) is 0 Å². The number of esters is 1. The van der Waals surface area contributed by atoms with Gasteiger partial charge in [0.15, 0.2) is 0 Å². The van der Waals surface area contributed by atoms with E-state index in [9.17, 15) is 9.59 Å². The molecule has 2 aliphatic rings. The quantitative estimate of drug-likeness (QED) is 0.742. The molecule has 3 rings (SSSR count). The number of anilines is 1. The molecule has 1 amide bonds. The molecule has 6 nitrogen and oxygen atoms in total. The van der Waals surface area contributed by atoms with Crippen molar-refractivity contribution in [1.82, 2.24) is 5.32 Å². The van der Waals surface area contributed by atoms with Crippen LogP contribution in [-0.4, -0.2) is 37.7 Å². The molecule has 2 unspecified atom stereocenters. The van der Waals surface area contributed by atoms with Crippen LogP contribution in [0.1, 0.15) is 38.5 Å². The Balaban J connectivity index is 1.41. The van der Waals surface area contributed by atoms with Gasteiger partial charge in [-0.05, 0) is 55.9 Å². The Labute approximate surface area is 148 Å². The highest BCUT2D eigenvalue weighted by atomic mass is 16.5. The molecule has 2 aliphatic heterocycles. The van der Waals surface area contributed by atoms with Crippen LogP contribution < -0.4 is 15.4 Å². The predicted molar refractivity (Wildman–Crippen MR) is 94.5 cm³/mol. The summed E-state index contributed by atoms with van der Waals surface area (Å²) in [6.07, 6.45) is 5.52. The van der Waals surface area contributed by atoms with Gasteiger partial charge in [-0.2, -0.15) is 0 Å². The predicted octanol–water partition coefficient (Wildman–Crippen LogP) is 2.49. The Bertz CT molecular complexity index is 590. The number of piperidine rings is 1. The Kier molecular flexibility index (Phi) is 5.91. The normalized spacial score (nSPS) is 24.6. The van der Waals surface area contributed by atoms with E-state index >= 15 is 0 Å². The largest absolute Gasteiger partial charge is 0.493 e. The maximum Gasteiger partial charge on any atom is 0.308 e. The van der Waals surface area contributed by atoms with E-state index in [2.05, 4.69) is 15.4 Å². The molecule has 0 aromatic heterocycles. The highest BCUT2D eigenvalue weighted by Gasteiger charge is 2.34. The van der Waals surface area contributed by atoms with Crippen molar-refractivity contribution in [3.8, 4) is 5.75 Å². The number of carbonyl (C=O) groups excluding carboxylic acids is 2. The molecular formula is C19H26N2O4. The summed E-state index contributed by atoms with van der Waals surface area (Å²) in [5.41, 5.74) is 0.766. The van der Waals surface area contributed by atoms with Crippen LogP contribution in [-0.2, 0) is 14.3 Å². The fourth-order valence-electron chi connectivity index (χ4n) is 3.80. The highest BCUT2D eigenvalue weighted by Crippen LogP contribution is 2.32. The Morgan fingerprint density at radius 1 is 1.16 bits per heavy atom. The van der Waals surface area contributed by atoms with Gasteiger partial charge in [-0.1, -0.05) is 0 Å². The summed E-state index contributed by atoms with van der Waals surface area (Å²) in [5.74, 6) is 0.928. The van der Waals surface area contributed by atoms with E-state index < -0.39 is 0 Å². The standard InChI is InChI=1S/C19H26N2O4/c1-24-19(23)8-9-25-17-6-4-14(5-7-17)21-18(22)12-13-10-15-2-3-16(11-13)20-15/h4-7,13,15-16,20H,2-3,8-12H2,1H3,(H,21,22). The summed E-state index contributed by atoms with van der Waals surface area (Å²) in [5, 5.41) is 6.56. The number of hydrogen-bond donors (Lipinski definition) is 2. The van der Waals surface area contributed by atoms with Gasteiger partial charge in [0.2, 0.25) is 5.91 Å². The van der Waals surface area contributed by atoms with Gasteiger partial charge in [0.05, 0.1) is 20.1 Å². The second kappa shape index (κ2) is 8.34. The molecule has 1 aromatic rings. The van der Waals surface area contributed by atoms with Gasteiger partial charge in [-0.15, -0.1) is 0 Å². The molecular weight excluding hydrogens is 320 g/mol. The van der Waals surface area contributed by atoms with Gasteiger partial charge in [0, 0.05) is 24.2 Å². The third-order valence-electron chi connectivity index (χ3n) is 4.99. The molecule has 2 heterocycles. The van der Waals surface area contributed by atoms with Crippen LogP contribution in [0.2, 0.25) is 0 Å². The summed E-state index contributed by atoms with van der Waals surface area (Å²) in [7, 11) is 1.36. The summed E-state index contributed by atoms with van der Waals surface area (Å²) in [6.45, 7) is 0.274. The molecule has 2 atom stereocenters. The van der Waals surface area contributed by atoms with E-state index in [1.165, 1.54) is 20.0 Å². The molecule has 0 radical (unpaired) electrons. The monoisotopic (exact) mass is 346 g/mol. The van der Waals surface area contributed by atoms with Crippen molar-refractivity contribution in [1.29, 1.82) is 0 Å². The van der Waals surface area contributed by atoms with Crippen LogP contribution in [0.3, 0.4) is 0 Å². The average Bonchev–Trinajstić information content (AvgIpc) is 2.94. The lowest BCUT2D eigenvalue weighted by Gasteiger charge is -2.28. The van der Waals surface area contributed by atoms with E-state index in [1.807, 2.05) is 12.1 Å². The van der Waals surface area contributed by atoms with Crippen molar-refractivity contribution < 1.29 is 19.1 Å². The van der Waals surface area contributed by atoms with Crippen LogP contribution >= 0.6 is 0 Å². The zero-order valence-electron chi connectivity index (χ0n) is 14.6. The first-order valence-corrected chi connectivity index (χ1v) is 8.98. The van der Waals surface area contributed by atoms with Gasteiger partial charge in [-0.3, -0.25) is 9.59 Å². The molecule has 2 fully saturated rings. The molecule has 2 bridgehead atoms. The lowest BCUT2D eigenvalue weighted by molar-refractivity contribution is -0.141. The maximum atomic E-state index is 12.3. The van der Waals surface area contributed by atoms with Crippen LogP contribution in [0.4, 0.5) is 5.69 Å². The fourth-order valence-corrected chi connectivity index (χ4v) is 3.80. The highest BCUT2D eigenvalue weighted by molar-refractivity contribution is 5.90. The maximum absolute atomic E-state index is 12.3. The Hall–Kier alpha value is -2.08. The second-order valence-electron chi connectivity index (χ2n) is 6.93. The summed E-state index contributed by atoms with van der Waals surface area (Å²) in [4.78, 5) is 23.3. The topological polar surface area (TPSA) is 76.7 Å². The number of benzene rings is 1. The van der Waals surface area contributed by atoms with Gasteiger partial charge >= 0.3 is 5.97 Å². The molecule has 2 N–H and O–H groups in total. The molecule has 2 saturated heterocycles. The van der Waals surface area contributed by atoms with Gasteiger partial charge < -0.3 is 20.1 Å². The number of carbonyl (C=O) groups is 2. The molecule has 1 aromatic carbocycles. The minimum Gasteiger partial charge on any atom is -0.493 e. The van der Waals surface area contributed by atoms with Crippen LogP contribution in [0.15, 0.2) is 24.3 Å². The third kappa shape index (κ3) is 5.19. The number of amides is 1. The molecule has 25 heavy (non-hydrogen) atoms. The summed E-state index contributed by atoms with van der Waals surface area (Å²) in [6, 6.07) is 8.43. The molecule has 0 aliphatic carbocycles. The van der Waals surface area contributed by atoms with Gasteiger partial charge in [-0.25, -0.2) is 0 Å². The smallest absolute Gasteiger partial charge is 0.308 e. The van der Waals surface area contributed by atoms with E-state index in [0.717, 1.165) is 18.5 Å². The Morgan fingerprint density at radius 3 is 2.48 bits per heavy atom. The number of methoxy groups -OCH3 is 1. The second-order valence-corrected chi connectivity index (χ2v) is 6.93. The number of hydrogen-bond acceptors (Lipinski definition) is 5. The third-order valence-corrected chi connectivity index (χ3v) is 4.99. The SMILES string of the molecule is COC(=O)CCOc1ccc(NC(=O)CC2CC3CCC(C2)N3)cc1. The number of rotatable bonds is 7. The average molecular weight is 346 g/mol. The first-order chi connectivity index (χ1) is 12.1. The molecule has 0 saturated carbocycles. The molecule has 136 valence electrons. The molecule has 0 spiro atoms. The lowest BCUT2D eigenvalue weighted by Crippen LogP contribution is -2.39. The summed E-state index contributed by atoms with van der Waals surface area (Å²) < 4.78 is 10.0. The lowest BCUT2D eigenvalue weighted by atomic mass is 9.89. The van der Waals surface area contributed by atoms with E-state index in [-0.39, 0.29) is 24.9 Å². The van der Waals surface area contributed by atoms with Crippen molar-refractivity contribution >= 4 is 17.6 Å². The van der Waals surface area contributed by atoms with Crippen LogP contribution in [0.25, 0.3) is 0 Å². The van der Waals surface area contributed by atoms with E-state index in [0.29, 0.717) is 30.2 Å². The fraction of sp³-hybridized carbons (Fsp3) is 0.579. The number of ether oxygens (including phenoxy) is 2. The number of fused-ring (bicyclic) bond motifs is 2. The first kappa shape index (κ1) is 17.7. The first-order valence-electron chi connectivity index (χ1n) is 8.98. The van der Waals surface area contributed by atoms with Crippen molar-refractivity contribution in [3.05, 3.63) is 24.3 Å². The summed E-state index contributed by atoms with van der Waals surface area (Å²) >= 11 is 0. The van der Waals surface area contributed by atoms with Crippen molar-refractivity contribution in [2.24, 2.45) is 5.92 Å². The Morgan fingerprint density at radius 2 is 1.84 bits per heavy atom. The van der Waals surface area contributed by atoms with E-state index in [1.54, 1.807) is 12.1 Å². The zero-order chi connectivity index (χ0) is 17.6. The van der Waals surface area contributed by atoms with Gasteiger partial charge in [0.25, 0.3) is 0 Å². The molecule has 6 heteroatoms. The van der Waals surface area contributed by atoms with Gasteiger partial charge in [0.1, 0.15) is 5.75 Å². The van der Waals surface area contributed by atoms with Crippen LogP contribution in [0.5, 0.6) is 5.75 Å².